The lowest BCUT2D eigenvalue weighted by molar-refractivity contribution is 0.0643. The summed E-state index contributed by atoms with van der Waals surface area (Å²) in [5, 5.41) is 0. The average Bonchev–Trinajstić information content (AvgIpc) is 2.80. The number of sulfonamides is 1. The molecule has 0 saturated carbocycles. The number of carbonyl (C=O) groups excluding carboxylic acids is 1. The highest BCUT2D eigenvalue weighted by Crippen LogP contribution is 2.25. The first-order valence-electron chi connectivity index (χ1n) is 10.7. The summed E-state index contributed by atoms with van der Waals surface area (Å²) >= 11 is 0. The van der Waals surface area contributed by atoms with Gasteiger partial charge in [-0.15, -0.1) is 0 Å². The van der Waals surface area contributed by atoms with E-state index in [-0.39, 0.29) is 17.3 Å². The summed E-state index contributed by atoms with van der Waals surface area (Å²) in [6, 6.07) is 13.6. The minimum atomic E-state index is -3.65. The largest absolute Gasteiger partial charge is 0.494 e. The molecule has 0 N–H and O–H groups in total. The second kappa shape index (κ2) is 10.3. The third kappa shape index (κ3) is 5.44. The van der Waals surface area contributed by atoms with Crippen LogP contribution >= 0.6 is 0 Å². The fraction of sp³-hybridized carbons (Fsp3) is 0.435. The topological polar surface area (TPSA) is 70.2 Å². The van der Waals surface area contributed by atoms with E-state index in [1.54, 1.807) is 48.5 Å². The normalized spacial score (nSPS) is 15.3. The smallest absolute Gasteiger partial charge is 0.253 e. The zero-order valence-corrected chi connectivity index (χ0v) is 19.3. The van der Waals surface area contributed by atoms with E-state index in [1.807, 2.05) is 11.8 Å². The third-order valence-corrected chi connectivity index (χ3v) is 7.38. The number of benzene rings is 2. The van der Waals surface area contributed by atoms with E-state index in [0.717, 1.165) is 19.6 Å². The number of likely N-dealkylation sites (N-methyl/N-ethyl adjacent to an activating group) is 1. The van der Waals surface area contributed by atoms with E-state index in [1.165, 1.54) is 11.4 Å². The van der Waals surface area contributed by atoms with Crippen LogP contribution in [0.25, 0.3) is 0 Å². The summed E-state index contributed by atoms with van der Waals surface area (Å²) in [5.74, 6) is 0.554. The first-order valence-corrected chi connectivity index (χ1v) is 12.1. The molecular formula is C23H31N3O4S. The number of piperazine rings is 1. The Morgan fingerprint density at radius 2 is 1.71 bits per heavy atom. The van der Waals surface area contributed by atoms with Crippen LogP contribution in [-0.4, -0.2) is 74.8 Å². The summed E-state index contributed by atoms with van der Waals surface area (Å²) in [4.78, 5) is 17.5. The molecule has 0 aromatic heterocycles. The van der Waals surface area contributed by atoms with Crippen molar-refractivity contribution in [2.75, 3.05) is 46.4 Å². The van der Waals surface area contributed by atoms with Gasteiger partial charge >= 0.3 is 0 Å². The van der Waals surface area contributed by atoms with Crippen LogP contribution in [0.4, 0.5) is 0 Å². The Kier molecular flexibility index (Phi) is 7.69. The zero-order chi connectivity index (χ0) is 22.4. The lowest BCUT2D eigenvalue weighted by atomic mass is 10.1. The molecule has 0 unspecified atom stereocenters. The van der Waals surface area contributed by atoms with Crippen LogP contribution < -0.4 is 4.74 Å². The van der Waals surface area contributed by atoms with Crippen molar-refractivity contribution in [3.63, 3.8) is 0 Å². The molecule has 1 fully saturated rings. The van der Waals surface area contributed by atoms with Crippen molar-refractivity contribution in [1.29, 1.82) is 0 Å². The Hall–Kier alpha value is -2.42. The van der Waals surface area contributed by atoms with Gasteiger partial charge < -0.3 is 14.5 Å². The van der Waals surface area contributed by atoms with Crippen molar-refractivity contribution in [2.45, 2.75) is 25.3 Å². The zero-order valence-electron chi connectivity index (χ0n) is 18.5. The van der Waals surface area contributed by atoms with Gasteiger partial charge in [0, 0.05) is 50.9 Å². The molecule has 1 aliphatic rings. The molecule has 1 amide bonds. The Labute approximate surface area is 185 Å². The number of hydrogen-bond acceptors (Lipinski definition) is 5. The van der Waals surface area contributed by atoms with Crippen LogP contribution in [0.3, 0.4) is 0 Å². The highest BCUT2D eigenvalue weighted by atomic mass is 32.2. The summed E-state index contributed by atoms with van der Waals surface area (Å²) in [6.07, 6.45) is 0. The quantitative estimate of drug-likeness (QED) is 0.625. The number of rotatable bonds is 8. The van der Waals surface area contributed by atoms with E-state index < -0.39 is 10.0 Å². The van der Waals surface area contributed by atoms with Crippen LogP contribution in [0.1, 0.15) is 29.8 Å². The standard InChI is InChI=1S/C23H31N3O4S/c1-4-25-13-15-26(16-14-25)23(27)19-11-12-22(30-5-2)20(17-19)18-24(3)31(28,29)21-9-7-6-8-10-21/h6-12,17H,4-5,13-16,18H2,1-3H3. The third-order valence-electron chi connectivity index (χ3n) is 5.56. The highest BCUT2D eigenvalue weighted by molar-refractivity contribution is 7.89. The van der Waals surface area contributed by atoms with Crippen LogP contribution in [0.5, 0.6) is 5.75 Å². The molecule has 1 saturated heterocycles. The van der Waals surface area contributed by atoms with Gasteiger partial charge in [0.05, 0.1) is 11.5 Å². The van der Waals surface area contributed by atoms with E-state index in [4.69, 9.17) is 4.74 Å². The fourth-order valence-electron chi connectivity index (χ4n) is 3.68. The Balaban J connectivity index is 1.82. The maximum Gasteiger partial charge on any atom is 0.253 e. The summed E-state index contributed by atoms with van der Waals surface area (Å²) in [6.45, 7) is 8.66. The average molecular weight is 446 g/mol. The molecule has 7 nitrogen and oxygen atoms in total. The molecule has 2 aromatic rings. The lowest BCUT2D eigenvalue weighted by Gasteiger charge is -2.34. The van der Waals surface area contributed by atoms with E-state index in [2.05, 4.69) is 11.8 Å². The Morgan fingerprint density at radius 3 is 2.32 bits per heavy atom. The maximum absolute atomic E-state index is 13.1. The molecule has 0 atom stereocenters. The number of ether oxygens (including phenoxy) is 1. The molecule has 31 heavy (non-hydrogen) atoms. The first-order chi connectivity index (χ1) is 14.9. The molecule has 0 radical (unpaired) electrons. The molecule has 0 aliphatic carbocycles. The second-order valence-electron chi connectivity index (χ2n) is 7.56. The van der Waals surface area contributed by atoms with Gasteiger partial charge in [0.25, 0.3) is 5.91 Å². The van der Waals surface area contributed by atoms with Crippen molar-refractivity contribution in [1.82, 2.24) is 14.1 Å². The van der Waals surface area contributed by atoms with Gasteiger partial charge in [-0.2, -0.15) is 4.31 Å². The minimum absolute atomic E-state index is 0.0337. The summed E-state index contributed by atoms with van der Waals surface area (Å²) in [5.41, 5.74) is 1.22. The van der Waals surface area contributed by atoms with Crippen LogP contribution in [0, 0.1) is 0 Å². The van der Waals surface area contributed by atoms with Crippen molar-refractivity contribution in [3.8, 4) is 5.75 Å². The molecule has 3 rings (SSSR count). The fourth-order valence-corrected chi connectivity index (χ4v) is 4.85. The highest BCUT2D eigenvalue weighted by Gasteiger charge is 2.25. The van der Waals surface area contributed by atoms with Crippen LogP contribution in [0.15, 0.2) is 53.4 Å². The van der Waals surface area contributed by atoms with E-state index in [9.17, 15) is 13.2 Å². The number of nitrogens with zero attached hydrogens (tertiary/aromatic N) is 3. The predicted octanol–water partition coefficient (Wildman–Crippen LogP) is 2.68. The predicted molar refractivity (Wildman–Crippen MR) is 121 cm³/mol. The molecule has 8 heteroatoms. The molecule has 1 heterocycles. The first kappa shape index (κ1) is 23.2. The van der Waals surface area contributed by atoms with Crippen molar-refractivity contribution < 1.29 is 17.9 Å². The monoisotopic (exact) mass is 445 g/mol. The van der Waals surface area contributed by atoms with Crippen molar-refractivity contribution >= 4 is 15.9 Å². The Morgan fingerprint density at radius 1 is 1.03 bits per heavy atom. The second-order valence-corrected chi connectivity index (χ2v) is 9.60. The molecule has 1 aliphatic heterocycles. The summed E-state index contributed by atoms with van der Waals surface area (Å²) in [7, 11) is -2.12. The minimum Gasteiger partial charge on any atom is -0.494 e. The van der Waals surface area contributed by atoms with E-state index >= 15 is 0 Å². The van der Waals surface area contributed by atoms with Gasteiger partial charge in [-0.05, 0) is 43.8 Å². The SMILES string of the molecule is CCOc1ccc(C(=O)N2CCN(CC)CC2)cc1CN(C)S(=O)(=O)c1ccccc1. The van der Waals surface area contributed by atoms with Gasteiger partial charge in [0.1, 0.15) is 5.75 Å². The van der Waals surface area contributed by atoms with Gasteiger partial charge in [0.2, 0.25) is 10.0 Å². The van der Waals surface area contributed by atoms with Crippen LogP contribution in [-0.2, 0) is 16.6 Å². The van der Waals surface area contributed by atoms with E-state index in [0.29, 0.717) is 36.6 Å². The molecule has 168 valence electrons. The molecule has 2 aromatic carbocycles. The number of hydrogen-bond donors (Lipinski definition) is 0. The maximum atomic E-state index is 13.1. The number of carbonyl (C=O) groups is 1. The molecule has 0 bridgehead atoms. The van der Waals surface area contributed by atoms with Crippen molar-refractivity contribution in [3.05, 3.63) is 59.7 Å². The lowest BCUT2D eigenvalue weighted by Crippen LogP contribution is -2.48. The van der Waals surface area contributed by atoms with Crippen molar-refractivity contribution in [2.24, 2.45) is 0 Å². The van der Waals surface area contributed by atoms with Gasteiger partial charge in [-0.1, -0.05) is 25.1 Å². The molecule has 0 spiro atoms. The van der Waals surface area contributed by atoms with Gasteiger partial charge in [-0.3, -0.25) is 4.79 Å². The number of amides is 1. The summed E-state index contributed by atoms with van der Waals surface area (Å²) < 4.78 is 32.9. The Bertz CT molecular complexity index is 987. The molecular weight excluding hydrogens is 414 g/mol. The van der Waals surface area contributed by atoms with Gasteiger partial charge in [0.15, 0.2) is 0 Å². The van der Waals surface area contributed by atoms with Gasteiger partial charge in [-0.25, -0.2) is 8.42 Å². The van der Waals surface area contributed by atoms with Crippen LogP contribution in [0.2, 0.25) is 0 Å².